The Morgan fingerprint density at radius 2 is 1.47 bits per heavy atom. The topological polar surface area (TPSA) is 66.5 Å². The van der Waals surface area contributed by atoms with Gasteiger partial charge in [-0.15, -0.1) is 0 Å². The molecule has 0 spiro atoms. The van der Waals surface area contributed by atoms with E-state index in [1.807, 2.05) is 48.5 Å². The van der Waals surface area contributed by atoms with Gasteiger partial charge in [-0.2, -0.15) is 0 Å². The van der Waals surface area contributed by atoms with Gasteiger partial charge in [0, 0.05) is 39.6 Å². The maximum atomic E-state index is 12.9. The van der Waals surface area contributed by atoms with Crippen LogP contribution in [0.5, 0.6) is 0 Å². The Bertz CT molecular complexity index is 1070. The summed E-state index contributed by atoms with van der Waals surface area (Å²) < 4.78 is 0.959. The van der Waals surface area contributed by atoms with E-state index in [1.54, 1.807) is 12.1 Å². The lowest BCUT2D eigenvalue weighted by atomic mass is 9.94. The zero-order chi connectivity index (χ0) is 21.1. The van der Waals surface area contributed by atoms with Crippen molar-refractivity contribution >= 4 is 50.1 Å². The van der Waals surface area contributed by atoms with Gasteiger partial charge >= 0.3 is 0 Å². The minimum atomic E-state index is -0.239. The van der Waals surface area contributed by atoms with Gasteiger partial charge in [0.25, 0.3) is 11.8 Å². The van der Waals surface area contributed by atoms with Crippen LogP contribution in [-0.4, -0.2) is 29.2 Å². The number of carbonyl (C=O) groups excluding carboxylic acids is 3. The summed E-state index contributed by atoms with van der Waals surface area (Å²) in [5.74, 6) is -0.516. The third-order valence-corrected chi connectivity index (χ3v) is 5.80. The second kappa shape index (κ2) is 8.79. The fourth-order valence-corrected chi connectivity index (χ4v) is 4.04. The maximum Gasteiger partial charge on any atom is 0.261 e. The average molecular weight is 465 g/mol. The van der Waals surface area contributed by atoms with Gasteiger partial charge < -0.3 is 5.32 Å². The Morgan fingerprint density at radius 3 is 2.10 bits per heavy atom. The fraction of sp³-hybridized carbons (Fsp3) is 0.208. The first-order chi connectivity index (χ1) is 14.5. The molecule has 0 atom stereocenters. The van der Waals surface area contributed by atoms with E-state index in [-0.39, 0.29) is 17.7 Å². The molecule has 0 radical (unpaired) electrons. The Labute approximate surface area is 183 Å². The highest BCUT2D eigenvalue weighted by Crippen LogP contribution is 2.30. The molecule has 4 rings (SSSR count). The number of hydrogen-bond donors (Lipinski definition) is 1. The summed E-state index contributed by atoms with van der Waals surface area (Å²) in [6.07, 6.45) is 2.53. The monoisotopic (exact) mass is 464 g/mol. The highest BCUT2D eigenvalue weighted by Gasteiger charge is 2.31. The molecule has 3 aromatic rings. The molecule has 3 aromatic carbocycles. The van der Waals surface area contributed by atoms with Crippen LogP contribution in [0, 0.1) is 0 Å². The number of nitrogens with zero attached hydrogens (tertiary/aromatic N) is 1. The van der Waals surface area contributed by atoms with Crippen LogP contribution in [0.25, 0.3) is 10.8 Å². The molecule has 0 unspecified atom stereocenters. The number of hydrogen-bond acceptors (Lipinski definition) is 3. The quantitative estimate of drug-likeness (QED) is 0.376. The number of anilines is 1. The van der Waals surface area contributed by atoms with Gasteiger partial charge in [0.2, 0.25) is 5.91 Å². The van der Waals surface area contributed by atoms with Gasteiger partial charge in [0.15, 0.2) is 0 Å². The Hall–Kier alpha value is -2.99. The molecule has 0 aromatic heterocycles. The highest BCUT2D eigenvalue weighted by atomic mass is 79.9. The maximum absolute atomic E-state index is 12.9. The summed E-state index contributed by atoms with van der Waals surface area (Å²) in [5.41, 5.74) is 1.92. The van der Waals surface area contributed by atoms with E-state index in [4.69, 9.17) is 0 Å². The standard InChI is InChI=1S/C24H21BrN2O3/c25-17-11-13-18(14-12-17)26-21(28)10-2-1-3-15-27-23(29)19-8-4-6-16-7-5-9-20(22(16)19)24(27)30/h4-9,11-14H,1-3,10,15H2,(H,26,28). The summed E-state index contributed by atoms with van der Waals surface area (Å²) in [4.78, 5) is 39.1. The molecule has 30 heavy (non-hydrogen) atoms. The largest absolute Gasteiger partial charge is 0.326 e. The number of amides is 3. The van der Waals surface area contributed by atoms with Gasteiger partial charge in [0.1, 0.15) is 0 Å². The second-order valence-electron chi connectivity index (χ2n) is 7.34. The molecular weight excluding hydrogens is 444 g/mol. The highest BCUT2D eigenvalue weighted by molar-refractivity contribution is 9.10. The molecule has 6 heteroatoms. The van der Waals surface area contributed by atoms with Gasteiger partial charge in [-0.1, -0.05) is 46.6 Å². The smallest absolute Gasteiger partial charge is 0.261 e. The summed E-state index contributed by atoms with van der Waals surface area (Å²) >= 11 is 3.36. The first-order valence-corrected chi connectivity index (χ1v) is 10.8. The van der Waals surface area contributed by atoms with Gasteiger partial charge in [-0.25, -0.2) is 0 Å². The van der Waals surface area contributed by atoms with Crippen LogP contribution in [0.4, 0.5) is 5.69 Å². The number of halogens is 1. The van der Waals surface area contributed by atoms with E-state index in [2.05, 4.69) is 21.2 Å². The van der Waals surface area contributed by atoms with E-state index in [0.717, 1.165) is 27.4 Å². The number of rotatable bonds is 7. The first kappa shape index (κ1) is 20.3. The molecule has 1 aliphatic rings. The van der Waals surface area contributed by atoms with Crippen molar-refractivity contribution in [3.63, 3.8) is 0 Å². The zero-order valence-corrected chi connectivity index (χ0v) is 17.9. The zero-order valence-electron chi connectivity index (χ0n) is 16.4. The summed E-state index contributed by atoms with van der Waals surface area (Å²) in [6, 6.07) is 18.5. The van der Waals surface area contributed by atoms with Crippen LogP contribution < -0.4 is 5.32 Å². The van der Waals surface area contributed by atoms with E-state index in [1.165, 1.54) is 4.90 Å². The lowest BCUT2D eigenvalue weighted by Gasteiger charge is -2.27. The van der Waals surface area contributed by atoms with Gasteiger partial charge in [-0.3, -0.25) is 19.3 Å². The molecule has 0 fully saturated rings. The number of unbranched alkanes of at least 4 members (excludes halogenated alkanes) is 2. The summed E-state index contributed by atoms with van der Waals surface area (Å²) in [6.45, 7) is 0.358. The van der Waals surface area contributed by atoms with Crippen LogP contribution in [0.2, 0.25) is 0 Å². The van der Waals surface area contributed by atoms with E-state index in [0.29, 0.717) is 36.9 Å². The Morgan fingerprint density at radius 1 is 0.833 bits per heavy atom. The van der Waals surface area contributed by atoms with Gasteiger partial charge in [0.05, 0.1) is 0 Å². The molecule has 0 aliphatic carbocycles. The van der Waals surface area contributed by atoms with E-state index >= 15 is 0 Å². The van der Waals surface area contributed by atoms with Crippen molar-refractivity contribution in [1.29, 1.82) is 0 Å². The Kier molecular flexibility index (Phi) is 5.95. The molecule has 0 saturated carbocycles. The second-order valence-corrected chi connectivity index (χ2v) is 8.25. The molecule has 0 saturated heterocycles. The lowest BCUT2D eigenvalue weighted by molar-refractivity contribution is -0.116. The van der Waals surface area contributed by atoms with Crippen molar-refractivity contribution in [2.75, 3.05) is 11.9 Å². The summed E-state index contributed by atoms with van der Waals surface area (Å²) in [7, 11) is 0. The predicted octanol–water partition coefficient (Wildman–Crippen LogP) is 5.40. The molecule has 5 nitrogen and oxygen atoms in total. The van der Waals surface area contributed by atoms with Crippen LogP contribution in [-0.2, 0) is 4.79 Å². The van der Waals surface area contributed by atoms with Crippen molar-refractivity contribution in [3.8, 4) is 0 Å². The van der Waals surface area contributed by atoms with Crippen molar-refractivity contribution < 1.29 is 14.4 Å². The van der Waals surface area contributed by atoms with Crippen LogP contribution >= 0.6 is 15.9 Å². The lowest BCUT2D eigenvalue weighted by Crippen LogP contribution is -2.40. The molecule has 1 aliphatic heterocycles. The third kappa shape index (κ3) is 4.14. The van der Waals surface area contributed by atoms with Crippen molar-refractivity contribution in [1.82, 2.24) is 4.90 Å². The molecule has 1 N–H and O–H groups in total. The number of nitrogens with one attached hydrogen (secondary N) is 1. The molecular formula is C24H21BrN2O3. The van der Waals surface area contributed by atoms with Crippen LogP contribution in [0.1, 0.15) is 46.4 Å². The van der Waals surface area contributed by atoms with E-state index in [9.17, 15) is 14.4 Å². The van der Waals surface area contributed by atoms with Crippen LogP contribution in [0.15, 0.2) is 65.1 Å². The number of imide groups is 1. The average Bonchev–Trinajstić information content (AvgIpc) is 2.75. The van der Waals surface area contributed by atoms with Gasteiger partial charge in [-0.05, 0) is 54.6 Å². The summed E-state index contributed by atoms with van der Waals surface area (Å²) in [5, 5.41) is 4.52. The molecule has 3 amide bonds. The minimum absolute atomic E-state index is 0.0388. The van der Waals surface area contributed by atoms with Crippen molar-refractivity contribution in [3.05, 3.63) is 76.3 Å². The normalized spacial score (nSPS) is 13.0. The number of carbonyl (C=O) groups is 3. The van der Waals surface area contributed by atoms with Crippen LogP contribution in [0.3, 0.4) is 0 Å². The molecule has 0 bridgehead atoms. The minimum Gasteiger partial charge on any atom is -0.326 e. The van der Waals surface area contributed by atoms with E-state index < -0.39 is 0 Å². The fourth-order valence-electron chi connectivity index (χ4n) is 3.77. The Balaban J connectivity index is 1.29. The predicted molar refractivity (Wildman–Crippen MR) is 121 cm³/mol. The first-order valence-electron chi connectivity index (χ1n) is 9.98. The molecule has 152 valence electrons. The third-order valence-electron chi connectivity index (χ3n) is 5.27. The molecule has 1 heterocycles. The van der Waals surface area contributed by atoms with Crippen molar-refractivity contribution in [2.24, 2.45) is 0 Å². The SMILES string of the molecule is O=C(CCCCCN1C(=O)c2cccc3cccc(c23)C1=O)Nc1ccc(Br)cc1. The number of benzene rings is 3. The van der Waals surface area contributed by atoms with Crippen molar-refractivity contribution in [2.45, 2.75) is 25.7 Å².